The Kier molecular flexibility index (Phi) is 6.01. The Morgan fingerprint density at radius 2 is 1.88 bits per heavy atom. The van der Waals surface area contributed by atoms with Gasteiger partial charge < -0.3 is 9.84 Å². The number of halogens is 2. The van der Waals surface area contributed by atoms with Gasteiger partial charge in [0.25, 0.3) is 0 Å². The minimum Gasteiger partial charge on any atom is -0.457 e. The third-order valence-electron chi connectivity index (χ3n) is 9.27. The van der Waals surface area contributed by atoms with Gasteiger partial charge in [0, 0.05) is 11.3 Å². The van der Waals surface area contributed by atoms with E-state index in [1.165, 1.54) is 12.2 Å². The number of Topliss-reactive ketones (excluding diaryl/α,β-unsaturated/α-hetero) is 1. The molecule has 0 spiro atoms. The summed E-state index contributed by atoms with van der Waals surface area (Å²) in [6, 6.07) is 0. The molecule has 34 heavy (non-hydrogen) atoms. The fourth-order valence-electron chi connectivity index (χ4n) is 7.70. The largest absolute Gasteiger partial charge is 0.457 e. The first-order chi connectivity index (χ1) is 15.6. The van der Waals surface area contributed by atoms with Crippen molar-refractivity contribution in [3.8, 4) is 0 Å². The van der Waals surface area contributed by atoms with Crippen LogP contribution in [0.5, 0.6) is 0 Å². The number of carbonyl (C=O) groups excluding carboxylic acids is 3. The number of allylic oxidation sites excluding steroid dienone is 4. The van der Waals surface area contributed by atoms with Gasteiger partial charge in [0.1, 0.15) is 12.8 Å². The van der Waals surface area contributed by atoms with Gasteiger partial charge in [-0.2, -0.15) is 0 Å². The van der Waals surface area contributed by atoms with Crippen molar-refractivity contribution < 1.29 is 28.6 Å². The minimum absolute atomic E-state index is 0.0201. The summed E-state index contributed by atoms with van der Waals surface area (Å²) in [7, 11) is 0. The molecule has 7 heteroatoms. The molecular weight excluding hydrogens is 459 g/mol. The molecule has 0 saturated heterocycles. The van der Waals surface area contributed by atoms with Crippen LogP contribution in [0.15, 0.2) is 23.8 Å². The standard InChI is InChI=1S/C27H36ClFO5/c1-14-9-16-17-11-19(29)18-10-15(30)7-8-26(18,6)27(17,28)21(32)12-25(16,5)22(14)20(31)13-34-23(33)24(2,3)4/h7-8,10,14,16-17,19,21-22,32H,9,11-13H2,1-6H3/t14-,16+,17+,19+,21+,22-,25+,26+,27+/m1/s1. The molecular formula is C27H36ClFO5. The van der Waals surface area contributed by atoms with Gasteiger partial charge in [-0.3, -0.25) is 14.4 Å². The highest BCUT2D eigenvalue weighted by Crippen LogP contribution is 2.70. The predicted molar refractivity (Wildman–Crippen MR) is 127 cm³/mol. The fourth-order valence-corrected chi connectivity index (χ4v) is 8.19. The lowest BCUT2D eigenvalue weighted by molar-refractivity contribution is -0.159. The molecule has 9 atom stereocenters. The number of hydrogen-bond acceptors (Lipinski definition) is 5. The Morgan fingerprint density at radius 1 is 1.24 bits per heavy atom. The first kappa shape index (κ1) is 25.6. The molecule has 0 bridgehead atoms. The van der Waals surface area contributed by atoms with Gasteiger partial charge in [0.05, 0.1) is 16.4 Å². The molecule has 0 radical (unpaired) electrons. The van der Waals surface area contributed by atoms with Gasteiger partial charge in [0.15, 0.2) is 11.6 Å². The third kappa shape index (κ3) is 3.46. The third-order valence-corrected chi connectivity index (χ3v) is 10.2. The van der Waals surface area contributed by atoms with Gasteiger partial charge in [-0.05, 0) is 80.9 Å². The van der Waals surface area contributed by atoms with Crippen molar-refractivity contribution in [3.63, 3.8) is 0 Å². The summed E-state index contributed by atoms with van der Waals surface area (Å²) in [5.74, 6) is -1.77. The Bertz CT molecular complexity index is 982. The second kappa shape index (κ2) is 7.99. The average Bonchev–Trinajstić information content (AvgIpc) is 2.99. The molecule has 0 unspecified atom stereocenters. The summed E-state index contributed by atoms with van der Waals surface area (Å²) in [5.41, 5.74) is -1.97. The number of rotatable bonds is 3. The number of aliphatic hydroxyl groups excluding tert-OH is 1. The van der Waals surface area contributed by atoms with E-state index in [2.05, 4.69) is 0 Å². The van der Waals surface area contributed by atoms with Crippen molar-refractivity contribution in [2.75, 3.05) is 6.61 Å². The lowest BCUT2D eigenvalue weighted by Crippen LogP contribution is -2.67. The first-order valence-corrected chi connectivity index (χ1v) is 12.6. The quantitative estimate of drug-likeness (QED) is 0.458. The van der Waals surface area contributed by atoms with Crippen LogP contribution in [-0.4, -0.2) is 46.4 Å². The molecule has 0 aromatic carbocycles. The number of carbonyl (C=O) groups is 3. The summed E-state index contributed by atoms with van der Waals surface area (Å²) in [6.45, 7) is 10.7. The Balaban J connectivity index is 1.67. The highest BCUT2D eigenvalue weighted by atomic mass is 35.5. The van der Waals surface area contributed by atoms with Crippen molar-refractivity contribution in [1.29, 1.82) is 0 Å². The molecule has 188 valence electrons. The summed E-state index contributed by atoms with van der Waals surface area (Å²) in [6.07, 6.45) is 3.13. The predicted octanol–water partition coefficient (Wildman–Crippen LogP) is 4.60. The van der Waals surface area contributed by atoms with Crippen LogP contribution in [0.4, 0.5) is 4.39 Å². The van der Waals surface area contributed by atoms with Gasteiger partial charge in [-0.15, -0.1) is 11.6 Å². The summed E-state index contributed by atoms with van der Waals surface area (Å²) < 4.78 is 20.9. The highest BCUT2D eigenvalue weighted by Gasteiger charge is 2.71. The van der Waals surface area contributed by atoms with E-state index < -0.39 is 45.3 Å². The van der Waals surface area contributed by atoms with E-state index >= 15 is 4.39 Å². The van der Waals surface area contributed by atoms with Crippen LogP contribution in [0.2, 0.25) is 0 Å². The van der Waals surface area contributed by atoms with Gasteiger partial charge >= 0.3 is 5.97 Å². The van der Waals surface area contributed by atoms with Crippen LogP contribution in [0.25, 0.3) is 0 Å². The molecule has 0 aromatic heterocycles. The maximum Gasteiger partial charge on any atom is 0.311 e. The van der Waals surface area contributed by atoms with Crippen LogP contribution in [-0.2, 0) is 19.1 Å². The van der Waals surface area contributed by atoms with E-state index in [0.717, 1.165) is 0 Å². The highest BCUT2D eigenvalue weighted by molar-refractivity contribution is 6.26. The van der Waals surface area contributed by atoms with E-state index in [1.54, 1.807) is 26.8 Å². The second-order valence-corrected chi connectivity index (χ2v) is 13.1. The molecule has 5 nitrogen and oxygen atoms in total. The van der Waals surface area contributed by atoms with Crippen molar-refractivity contribution in [3.05, 3.63) is 23.8 Å². The number of fused-ring (bicyclic) bond motifs is 5. The van der Waals surface area contributed by atoms with Crippen molar-refractivity contribution >= 4 is 29.1 Å². The molecule has 3 fully saturated rings. The maximum atomic E-state index is 15.5. The average molecular weight is 495 g/mol. The number of esters is 1. The number of ether oxygens (including phenoxy) is 1. The second-order valence-electron chi connectivity index (χ2n) is 12.4. The lowest BCUT2D eigenvalue weighted by Gasteiger charge is -2.63. The topological polar surface area (TPSA) is 80.7 Å². The molecule has 1 N–H and O–H groups in total. The van der Waals surface area contributed by atoms with Crippen LogP contribution in [0.3, 0.4) is 0 Å². The minimum atomic E-state index is -1.34. The van der Waals surface area contributed by atoms with E-state index in [-0.39, 0.29) is 48.8 Å². The maximum absolute atomic E-state index is 15.5. The molecule has 0 aliphatic heterocycles. The lowest BCUT2D eigenvalue weighted by atomic mass is 9.46. The van der Waals surface area contributed by atoms with Crippen molar-refractivity contribution in [2.45, 2.75) is 78.0 Å². The Morgan fingerprint density at radius 3 is 2.50 bits per heavy atom. The fraction of sp³-hybridized carbons (Fsp3) is 0.741. The van der Waals surface area contributed by atoms with E-state index in [9.17, 15) is 19.5 Å². The molecule has 0 heterocycles. The van der Waals surface area contributed by atoms with Crippen LogP contribution in [0.1, 0.15) is 60.8 Å². The van der Waals surface area contributed by atoms with Gasteiger partial charge in [-0.1, -0.05) is 26.8 Å². The SMILES string of the molecule is C[C@@H]1C[C@H]2[C@@H]3C[C@H](F)C4=CC(=O)C=C[C@]4(C)[C@@]3(Cl)[C@@H](O)C[C@]2(C)[C@H]1C(=O)COC(=O)C(C)(C)C. The number of hydrogen-bond donors (Lipinski definition) is 1. The van der Waals surface area contributed by atoms with Crippen LogP contribution in [0, 0.1) is 39.9 Å². The van der Waals surface area contributed by atoms with Crippen LogP contribution >= 0.6 is 11.6 Å². The zero-order chi connectivity index (χ0) is 25.4. The van der Waals surface area contributed by atoms with Crippen molar-refractivity contribution in [1.82, 2.24) is 0 Å². The smallest absolute Gasteiger partial charge is 0.311 e. The molecule has 0 amide bonds. The Labute approximate surface area is 206 Å². The van der Waals surface area contributed by atoms with Crippen molar-refractivity contribution in [2.24, 2.45) is 39.9 Å². The first-order valence-electron chi connectivity index (χ1n) is 12.2. The zero-order valence-corrected chi connectivity index (χ0v) is 21.6. The molecule has 3 saturated carbocycles. The van der Waals surface area contributed by atoms with Crippen LogP contribution < -0.4 is 0 Å². The van der Waals surface area contributed by atoms with Gasteiger partial charge in [-0.25, -0.2) is 4.39 Å². The van der Waals surface area contributed by atoms with E-state index in [1.807, 2.05) is 20.8 Å². The molecule has 0 aromatic rings. The normalized spacial score (nSPS) is 45.7. The summed E-state index contributed by atoms with van der Waals surface area (Å²) >= 11 is 7.34. The molecule has 4 rings (SSSR count). The summed E-state index contributed by atoms with van der Waals surface area (Å²) in [4.78, 5) is 36.4. The monoisotopic (exact) mass is 494 g/mol. The molecule has 4 aliphatic carbocycles. The molecule has 4 aliphatic rings. The number of aliphatic hydroxyl groups is 1. The Hall–Kier alpha value is -1.53. The van der Waals surface area contributed by atoms with Gasteiger partial charge in [0.2, 0.25) is 0 Å². The van der Waals surface area contributed by atoms with E-state index in [0.29, 0.717) is 12.0 Å². The zero-order valence-electron chi connectivity index (χ0n) is 20.9. The van der Waals surface area contributed by atoms with E-state index in [4.69, 9.17) is 16.3 Å². The number of ketones is 2. The summed E-state index contributed by atoms with van der Waals surface area (Å²) in [5, 5.41) is 11.5. The number of alkyl halides is 2.